The van der Waals surface area contributed by atoms with Gasteiger partial charge in [0.05, 0.1) is 0 Å². The maximum Gasteiger partial charge on any atom is 0.326 e. The highest BCUT2D eigenvalue weighted by molar-refractivity contribution is 5.75. The van der Waals surface area contributed by atoms with Gasteiger partial charge in [-0.25, -0.2) is 0 Å². The first-order chi connectivity index (χ1) is 7.77. The Bertz CT molecular complexity index is 391. The number of rotatable bonds is 3. The van der Waals surface area contributed by atoms with Crippen LogP contribution in [0, 0.1) is 0 Å². The van der Waals surface area contributed by atoms with E-state index >= 15 is 0 Å². The summed E-state index contributed by atoms with van der Waals surface area (Å²) < 4.78 is 0. The number of nitrogens with one attached hydrogen (secondary N) is 1. The number of carboxylic acids is 1. The molecule has 1 aliphatic rings. The second kappa shape index (κ2) is 4.78. The van der Waals surface area contributed by atoms with Crippen molar-refractivity contribution in [3.63, 3.8) is 0 Å². The molecule has 0 aliphatic carbocycles. The first-order valence-corrected chi connectivity index (χ1v) is 4.89. The summed E-state index contributed by atoms with van der Waals surface area (Å²) in [6.45, 7) is 0.460. The topological polar surface area (TPSA) is 61.8 Å². The summed E-state index contributed by atoms with van der Waals surface area (Å²) in [4.78, 5) is 15.8. The lowest BCUT2D eigenvalue weighted by Crippen LogP contribution is -2.49. The van der Waals surface area contributed by atoms with E-state index in [2.05, 4.69) is 5.59 Å². The molecule has 5 heteroatoms. The van der Waals surface area contributed by atoms with Gasteiger partial charge in [0.15, 0.2) is 0 Å². The molecule has 1 unspecified atom stereocenters. The molecule has 0 aromatic heterocycles. The Kier molecular flexibility index (Phi) is 3.19. The largest absolute Gasteiger partial charge is 0.480 e. The van der Waals surface area contributed by atoms with E-state index in [-0.39, 0.29) is 0 Å². The van der Waals surface area contributed by atoms with Gasteiger partial charge in [0.2, 0.25) is 0 Å². The van der Waals surface area contributed by atoms with Crippen molar-refractivity contribution in [2.75, 3.05) is 0 Å². The minimum atomic E-state index is -0.914. The second-order valence-corrected chi connectivity index (χ2v) is 3.43. The third-order valence-corrected chi connectivity index (χ3v) is 2.28. The third-order valence-electron chi connectivity index (χ3n) is 2.28. The zero-order valence-corrected chi connectivity index (χ0v) is 8.54. The van der Waals surface area contributed by atoms with Crippen molar-refractivity contribution in [2.45, 2.75) is 12.6 Å². The molecule has 0 bridgehead atoms. The molecule has 0 amide bonds. The average Bonchev–Trinajstić information content (AvgIpc) is 2.31. The van der Waals surface area contributed by atoms with Crippen molar-refractivity contribution in [3.05, 3.63) is 48.2 Å². The van der Waals surface area contributed by atoms with E-state index in [1.807, 2.05) is 30.3 Å². The summed E-state index contributed by atoms with van der Waals surface area (Å²) in [7, 11) is 0. The summed E-state index contributed by atoms with van der Waals surface area (Å²) in [5.41, 5.74) is 3.58. The van der Waals surface area contributed by atoms with Gasteiger partial charge in [0.25, 0.3) is 0 Å². The van der Waals surface area contributed by atoms with Crippen LogP contribution in [-0.4, -0.2) is 22.1 Å². The molecular formula is C11H12N2O3. The van der Waals surface area contributed by atoms with Crippen LogP contribution in [0.5, 0.6) is 0 Å². The van der Waals surface area contributed by atoms with Gasteiger partial charge in [-0.15, -0.1) is 0 Å². The van der Waals surface area contributed by atoms with Crippen LogP contribution in [0.4, 0.5) is 0 Å². The molecule has 1 heterocycles. The summed E-state index contributed by atoms with van der Waals surface area (Å²) >= 11 is 0. The maximum atomic E-state index is 11.0. The van der Waals surface area contributed by atoms with E-state index in [0.717, 1.165) is 5.56 Å². The maximum absolute atomic E-state index is 11.0. The molecular weight excluding hydrogens is 208 g/mol. The van der Waals surface area contributed by atoms with Crippen molar-refractivity contribution >= 4 is 5.97 Å². The van der Waals surface area contributed by atoms with Crippen LogP contribution in [0.3, 0.4) is 0 Å². The van der Waals surface area contributed by atoms with Gasteiger partial charge in [0.1, 0.15) is 12.3 Å². The molecule has 1 aliphatic heterocycles. The third kappa shape index (κ3) is 2.39. The lowest BCUT2D eigenvalue weighted by atomic mass is 10.2. The van der Waals surface area contributed by atoms with E-state index in [1.54, 1.807) is 0 Å². The molecule has 1 aromatic carbocycles. The van der Waals surface area contributed by atoms with Crippen molar-refractivity contribution in [1.82, 2.24) is 10.6 Å². The quantitative estimate of drug-likeness (QED) is 0.792. The van der Waals surface area contributed by atoms with Gasteiger partial charge in [-0.05, 0) is 11.6 Å². The van der Waals surface area contributed by atoms with Crippen molar-refractivity contribution in [3.8, 4) is 0 Å². The van der Waals surface area contributed by atoms with Gasteiger partial charge in [0, 0.05) is 6.54 Å². The highest BCUT2D eigenvalue weighted by Gasteiger charge is 2.26. The summed E-state index contributed by atoms with van der Waals surface area (Å²) in [6.07, 6.45) is 2.82. The molecule has 0 saturated heterocycles. The molecule has 16 heavy (non-hydrogen) atoms. The Hall–Kier alpha value is -1.85. The molecule has 1 aromatic rings. The molecule has 2 N–H and O–H groups in total. The van der Waals surface area contributed by atoms with E-state index in [0.29, 0.717) is 6.54 Å². The molecule has 0 fully saturated rings. The van der Waals surface area contributed by atoms with Crippen molar-refractivity contribution < 1.29 is 14.7 Å². The van der Waals surface area contributed by atoms with Crippen LogP contribution in [0.1, 0.15) is 5.56 Å². The number of nitrogens with zero attached hydrogens (tertiary/aromatic N) is 1. The second-order valence-electron chi connectivity index (χ2n) is 3.43. The van der Waals surface area contributed by atoms with Crippen LogP contribution < -0.4 is 5.59 Å². The number of aliphatic carboxylic acids is 1. The first-order valence-electron chi connectivity index (χ1n) is 4.89. The fourth-order valence-corrected chi connectivity index (χ4v) is 1.50. The highest BCUT2D eigenvalue weighted by Crippen LogP contribution is 2.10. The molecule has 0 saturated carbocycles. The fourth-order valence-electron chi connectivity index (χ4n) is 1.50. The minimum Gasteiger partial charge on any atom is -0.480 e. The number of benzene rings is 1. The average molecular weight is 220 g/mol. The van der Waals surface area contributed by atoms with E-state index in [9.17, 15) is 4.79 Å². The zero-order valence-electron chi connectivity index (χ0n) is 8.54. The van der Waals surface area contributed by atoms with Crippen LogP contribution in [-0.2, 0) is 16.2 Å². The standard InChI is InChI=1S/C11H12N2O3/c14-11(15)10-6-7-16-12-13(10)8-9-4-2-1-3-5-9/h1-7,10,12H,8H2,(H,14,15). The molecule has 0 spiro atoms. The minimum absolute atomic E-state index is 0.460. The van der Waals surface area contributed by atoms with E-state index < -0.39 is 12.0 Å². The lowest BCUT2D eigenvalue weighted by molar-refractivity contribution is -0.151. The van der Waals surface area contributed by atoms with Crippen LogP contribution in [0.2, 0.25) is 0 Å². The molecule has 2 rings (SSSR count). The number of carbonyl (C=O) groups is 1. The van der Waals surface area contributed by atoms with Gasteiger partial charge in [-0.3, -0.25) is 4.79 Å². The number of hydrogen-bond donors (Lipinski definition) is 2. The zero-order chi connectivity index (χ0) is 11.4. The Morgan fingerprint density at radius 1 is 1.44 bits per heavy atom. The van der Waals surface area contributed by atoms with Gasteiger partial charge in [-0.1, -0.05) is 35.9 Å². The first kappa shape index (κ1) is 10.7. The Balaban J connectivity index is 2.09. The fraction of sp³-hybridized carbons (Fsp3) is 0.182. The van der Waals surface area contributed by atoms with Crippen LogP contribution in [0.25, 0.3) is 0 Å². The summed E-state index contributed by atoms with van der Waals surface area (Å²) in [6, 6.07) is 8.88. The normalized spacial score (nSPS) is 20.4. The Labute approximate surface area is 92.9 Å². The van der Waals surface area contributed by atoms with Crippen LogP contribution in [0.15, 0.2) is 42.7 Å². The smallest absolute Gasteiger partial charge is 0.326 e. The number of hydrogen-bond acceptors (Lipinski definition) is 4. The SMILES string of the molecule is O=C(O)C1C=CONN1Cc1ccccc1. The monoisotopic (exact) mass is 220 g/mol. The molecule has 1 atom stereocenters. The molecule has 0 radical (unpaired) electrons. The predicted octanol–water partition coefficient (Wildman–Crippen LogP) is 0.905. The van der Waals surface area contributed by atoms with Crippen LogP contribution >= 0.6 is 0 Å². The summed E-state index contributed by atoms with van der Waals surface area (Å²) in [5, 5.41) is 10.5. The van der Waals surface area contributed by atoms with Crippen molar-refractivity contribution in [1.29, 1.82) is 0 Å². The van der Waals surface area contributed by atoms with Gasteiger partial charge >= 0.3 is 5.97 Å². The van der Waals surface area contributed by atoms with E-state index in [1.165, 1.54) is 17.3 Å². The van der Waals surface area contributed by atoms with Crippen molar-refractivity contribution in [2.24, 2.45) is 0 Å². The summed E-state index contributed by atoms with van der Waals surface area (Å²) in [5.74, 6) is -0.914. The number of carboxylic acid groups (broad SMARTS) is 1. The van der Waals surface area contributed by atoms with Gasteiger partial charge < -0.3 is 9.94 Å². The lowest BCUT2D eigenvalue weighted by Gasteiger charge is -2.28. The predicted molar refractivity (Wildman–Crippen MR) is 56.8 cm³/mol. The highest BCUT2D eigenvalue weighted by atomic mass is 16.7. The van der Waals surface area contributed by atoms with E-state index in [4.69, 9.17) is 9.94 Å². The molecule has 84 valence electrons. The van der Waals surface area contributed by atoms with Gasteiger partial charge in [-0.2, -0.15) is 5.01 Å². The molecule has 5 nitrogen and oxygen atoms in total. The Morgan fingerprint density at radius 3 is 2.88 bits per heavy atom. The number of hydrazine groups is 1. The Morgan fingerprint density at radius 2 is 2.19 bits per heavy atom.